The van der Waals surface area contributed by atoms with Gasteiger partial charge in [0.15, 0.2) is 0 Å². The largest absolute Gasteiger partial charge is 0.376 e. The number of ether oxygens (including phenoxy) is 1. The zero-order chi connectivity index (χ0) is 16.2. The third-order valence-corrected chi connectivity index (χ3v) is 5.46. The van der Waals surface area contributed by atoms with Gasteiger partial charge < -0.3 is 4.74 Å². The van der Waals surface area contributed by atoms with Gasteiger partial charge in [-0.2, -0.15) is 8.42 Å². The van der Waals surface area contributed by atoms with Gasteiger partial charge in [0.1, 0.15) is 0 Å². The molecule has 2 unspecified atom stereocenters. The lowest BCUT2D eigenvalue weighted by molar-refractivity contribution is -0.0811. The van der Waals surface area contributed by atoms with E-state index in [4.69, 9.17) is 8.92 Å². The highest BCUT2D eigenvalue weighted by Crippen LogP contribution is 2.52. The van der Waals surface area contributed by atoms with Crippen LogP contribution in [0, 0.1) is 17.3 Å². The highest BCUT2D eigenvalue weighted by atomic mass is 32.2. The molecular weight excluding hydrogens is 300 g/mol. The SMILES string of the molecule is CC1(C)C(CCOS(C)(=O)=O)CC1COCc1ccccc1. The van der Waals surface area contributed by atoms with Crippen molar-refractivity contribution in [2.24, 2.45) is 17.3 Å². The summed E-state index contributed by atoms with van der Waals surface area (Å²) in [5.74, 6) is 1.03. The Hall–Kier alpha value is -0.910. The highest BCUT2D eigenvalue weighted by molar-refractivity contribution is 7.85. The van der Waals surface area contributed by atoms with Gasteiger partial charge in [-0.1, -0.05) is 44.2 Å². The molecule has 5 heteroatoms. The minimum absolute atomic E-state index is 0.178. The molecule has 1 aliphatic carbocycles. The van der Waals surface area contributed by atoms with Gasteiger partial charge in [-0.15, -0.1) is 0 Å². The highest BCUT2D eigenvalue weighted by Gasteiger charge is 2.47. The normalized spacial score (nSPS) is 24.0. The molecule has 0 saturated heterocycles. The summed E-state index contributed by atoms with van der Waals surface area (Å²) < 4.78 is 32.6. The van der Waals surface area contributed by atoms with Crippen molar-refractivity contribution in [2.75, 3.05) is 19.5 Å². The van der Waals surface area contributed by atoms with Crippen molar-refractivity contribution in [2.45, 2.75) is 33.3 Å². The van der Waals surface area contributed by atoms with Crippen molar-refractivity contribution < 1.29 is 17.3 Å². The molecule has 0 N–H and O–H groups in total. The van der Waals surface area contributed by atoms with Crippen LogP contribution in [0.4, 0.5) is 0 Å². The number of benzene rings is 1. The van der Waals surface area contributed by atoms with Gasteiger partial charge in [-0.05, 0) is 35.7 Å². The van der Waals surface area contributed by atoms with Crippen LogP contribution in [0.15, 0.2) is 30.3 Å². The molecule has 1 aliphatic rings. The van der Waals surface area contributed by atoms with Crippen LogP contribution < -0.4 is 0 Å². The second-order valence-electron chi connectivity index (χ2n) is 6.77. The van der Waals surface area contributed by atoms with Crippen molar-refractivity contribution in [1.29, 1.82) is 0 Å². The summed E-state index contributed by atoms with van der Waals surface area (Å²) in [6.07, 6.45) is 2.96. The van der Waals surface area contributed by atoms with Gasteiger partial charge in [-0.3, -0.25) is 4.18 Å². The molecule has 1 aromatic rings. The Morgan fingerprint density at radius 3 is 2.45 bits per heavy atom. The monoisotopic (exact) mass is 326 g/mol. The minimum atomic E-state index is -3.32. The number of hydrogen-bond donors (Lipinski definition) is 0. The van der Waals surface area contributed by atoms with Crippen molar-refractivity contribution in [3.8, 4) is 0 Å². The summed E-state index contributed by atoms with van der Waals surface area (Å²) in [6.45, 7) is 6.15. The first kappa shape index (κ1) is 17.4. The molecule has 4 nitrogen and oxygen atoms in total. The topological polar surface area (TPSA) is 52.6 Å². The summed E-state index contributed by atoms with van der Waals surface area (Å²) >= 11 is 0. The first-order chi connectivity index (χ1) is 10.3. The number of hydrogen-bond acceptors (Lipinski definition) is 4. The molecule has 124 valence electrons. The average Bonchev–Trinajstić information content (AvgIpc) is 2.44. The Morgan fingerprint density at radius 1 is 1.18 bits per heavy atom. The molecule has 0 bridgehead atoms. The van der Waals surface area contributed by atoms with Crippen molar-refractivity contribution >= 4 is 10.1 Å². The number of rotatable bonds is 8. The Bertz CT molecular complexity index is 566. The third kappa shape index (κ3) is 4.80. The van der Waals surface area contributed by atoms with E-state index in [0.717, 1.165) is 25.7 Å². The Labute approximate surface area is 134 Å². The maximum absolute atomic E-state index is 11.0. The lowest BCUT2D eigenvalue weighted by Gasteiger charge is -2.52. The maximum atomic E-state index is 11.0. The first-order valence-electron chi connectivity index (χ1n) is 7.75. The van der Waals surface area contributed by atoms with Crippen LogP contribution in [-0.4, -0.2) is 27.9 Å². The molecule has 0 spiro atoms. The summed E-state index contributed by atoms with van der Waals surface area (Å²) in [5, 5.41) is 0. The molecule has 0 heterocycles. The van der Waals surface area contributed by atoms with Crippen LogP contribution in [0.25, 0.3) is 0 Å². The fourth-order valence-electron chi connectivity index (χ4n) is 3.13. The molecule has 0 aromatic heterocycles. The van der Waals surface area contributed by atoms with E-state index in [-0.39, 0.29) is 12.0 Å². The van der Waals surface area contributed by atoms with Gasteiger partial charge in [0.2, 0.25) is 0 Å². The summed E-state index contributed by atoms with van der Waals surface area (Å²) in [6, 6.07) is 10.2. The van der Waals surface area contributed by atoms with E-state index in [0.29, 0.717) is 18.4 Å². The third-order valence-electron chi connectivity index (χ3n) is 4.87. The first-order valence-corrected chi connectivity index (χ1v) is 9.57. The van der Waals surface area contributed by atoms with E-state index in [2.05, 4.69) is 26.0 Å². The quantitative estimate of drug-likeness (QED) is 0.688. The zero-order valence-corrected chi connectivity index (χ0v) is 14.4. The van der Waals surface area contributed by atoms with Gasteiger partial charge in [0.05, 0.1) is 26.1 Å². The van der Waals surface area contributed by atoms with Crippen LogP contribution in [0.2, 0.25) is 0 Å². The fraction of sp³-hybridized carbons (Fsp3) is 0.647. The molecule has 0 radical (unpaired) electrons. The van der Waals surface area contributed by atoms with Gasteiger partial charge in [0.25, 0.3) is 10.1 Å². The van der Waals surface area contributed by atoms with Crippen molar-refractivity contribution in [3.63, 3.8) is 0 Å². The lowest BCUT2D eigenvalue weighted by atomic mass is 9.54. The Kier molecular flexibility index (Phi) is 5.64. The molecule has 2 rings (SSSR count). The predicted octanol–water partition coefficient (Wildman–Crippen LogP) is 3.23. The van der Waals surface area contributed by atoms with E-state index in [1.807, 2.05) is 18.2 Å². The van der Waals surface area contributed by atoms with E-state index >= 15 is 0 Å². The molecule has 1 aromatic carbocycles. The molecule has 22 heavy (non-hydrogen) atoms. The van der Waals surface area contributed by atoms with Crippen LogP contribution in [0.5, 0.6) is 0 Å². The fourth-order valence-corrected chi connectivity index (χ4v) is 3.53. The molecular formula is C17H26O4S. The van der Waals surface area contributed by atoms with E-state index < -0.39 is 10.1 Å². The van der Waals surface area contributed by atoms with Crippen molar-refractivity contribution in [3.05, 3.63) is 35.9 Å². The van der Waals surface area contributed by atoms with Crippen LogP contribution in [0.1, 0.15) is 32.3 Å². The Balaban J connectivity index is 1.69. The second-order valence-corrected chi connectivity index (χ2v) is 8.41. The van der Waals surface area contributed by atoms with Gasteiger partial charge >= 0.3 is 0 Å². The van der Waals surface area contributed by atoms with E-state index in [9.17, 15) is 8.42 Å². The molecule has 2 atom stereocenters. The average molecular weight is 326 g/mol. The predicted molar refractivity (Wildman–Crippen MR) is 86.9 cm³/mol. The van der Waals surface area contributed by atoms with Gasteiger partial charge in [-0.25, -0.2) is 0 Å². The minimum Gasteiger partial charge on any atom is -0.376 e. The van der Waals surface area contributed by atoms with Crippen molar-refractivity contribution in [1.82, 2.24) is 0 Å². The van der Waals surface area contributed by atoms with Crippen LogP contribution in [-0.2, 0) is 25.6 Å². The summed E-state index contributed by atoms with van der Waals surface area (Å²) in [4.78, 5) is 0. The zero-order valence-electron chi connectivity index (χ0n) is 13.6. The summed E-state index contributed by atoms with van der Waals surface area (Å²) in [5.41, 5.74) is 1.37. The Morgan fingerprint density at radius 2 is 1.86 bits per heavy atom. The maximum Gasteiger partial charge on any atom is 0.264 e. The standard InChI is InChI=1S/C17H26O4S/c1-17(2)15(9-10-21-22(3,18)19)11-16(17)13-20-12-14-7-5-4-6-8-14/h4-8,15-16H,9-13H2,1-3H3. The molecule has 0 aliphatic heterocycles. The second kappa shape index (κ2) is 7.11. The van der Waals surface area contributed by atoms with Gasteiger partial charge in [0, 0.05) is 0 Å². The van der Waals surface area contributed by atoms with E-state index in [1.54, 1.807) is 0 Å². The molecule has 1 fully saturated rings. The van der Waals surface area contributed by atoms with Crippen LogP contribution in [0.3, 0.4) is 0 Å². The molecule has 0 amide bonds. The molecule has 1 saturated carbocycles. The lowest BCUT2D eigenvalue weighted by Crippen LogP contribution is -2.47. The smallest absolute Gasteiger partial charge is 0.264 e. The van der Waals surface area contributed by atoms with E-state index in [1.165, 1.54) is 5.56 Å². The van der Waals surface area contributed by atoms with Crippen LogP contribution >= 0.6 is 0 Å². The summed E-state index contributed by atoms with van der Waals surface area (Å²) in [7, 11) is -3.32.